The topological polar surface area (TPSA) is 23.6 Å². The Morgan fingerprint density at radius 1 is 1.33 bits per heavy atom. The van der Waals surface area contributed by atoms with Gasteiger partial charge < -0.3 is 4.90 Å². The molecule has 1 rings (SSSR count). The second kappa shape index (κ2) is 3.90. The van der Waals surface area contributed by atoms with Crippen LogP contribution in [0.4, 0.5) is 0 Å². The van der Waals surface area contributed by atoms with Gasteiger partial charge in [0.15, 0.2) is 0 Å². The van der Waals surface area contributed by atoms with Crippen LogP contribution in [-0.4, -0.2) is 41.5 Å². The predicted molar refractivity (Wildman–Crippen MR) is 48.7 cm³/mol. The zero-order valence-electron chi connectivity index (χ0n) is 8.21. The first kappa shape index (κ1) is 9.52. The SMILES string of the molecule is CC(=O)N1CCCN(C(C)C)C1. The van der Waals surface area contributed by atoms with Crippen LogP contribution in [0.2, 0.25) is 0 Å². The molecule has 70 valence electrons. The molecule has 0 spiro atoms. The highest BCUT2D eigenvalue weighted by Crippen LogP contribution is 2.08. The average molecular weight is 170 g/mol. The molecular weight excluding hydrogens is 152 g/mol. The summed E-state index contributed by atoms with van der Waals surface area (Å²) in [4.78, 5) is 15.3. The van der Waals surface area contributed by atoms with Crippen LogP contribution in [-0.2, 0) is 4.79 Å². The fourth-order valence-corrected chi connectivity index (χ4v) is 1.50. The van der Waals surface area contributed by atoms with Crippen molar-refractivity contribution >= 4 is 5.91 Å². The molecular formula is C9H18N2O. The third-order valence-corrected chi connectivity index (χ3v) is 2.40. The van der Waals surface area contributed by atoms with Gasteiger partial charge in [0.05, 0.1) is 6.67 Å². The largest absolute Gasteiger partial charge is 0.330 e. The van der Waals surface area contributed by atoms with Gasteiger partial charge in [0.1, 0.15) is 0 Å². The van der Waals surface area contributed by atoms with Gasteiger partial charge in [-0.25, -0.2) is 0 Å². The van der Waals surface area contributed by atoms with Crippen LogP contribution in [0.3, 0.4) is 0 Å². The molecule has 0 aromatic carbocycles. The van der Waals surface area contributed by atoms with E-state index in [2.05, 4.69) is 18.7 Å². The van der Waals surface area contributed by atoms with E-state index >= 15 is 0 Å². The van der Waals surface area contributed by atoms with Gasteiger partial charge in [0.2, 0.25) is 5.91 Å². The predicted octanol–water partition coefficient (Wildman–Crippen LogP) is 0.906. The van der Waals surface area contributed by atoms with Crippen LogP contribution in [0.25, 0.3) is 0 Å². The summed E-state index contributed by atoms with van der Waals surface area (Å²) in [5.41, 5.74) is 0. The summed E-state index contributed by atoms with van der Waals surface area (Å²) >= 11 is 0. The zero-order valence-corrected chi connectivity index (χ0v) is 8.21. The van der Waals surface area contributed by atoms with E-state index in [0.29, 0.717) is 6.04 Å². The lowest BCUT2D eigenvalue weighted by Gasteiger charge is -2.37. The number of nitrogens with zero attached hydrogens (tertiary/aromatic N) is 2. The Kier molecular flexibility index (Phi) is 3.09. The molecule has 0 bridgehead atoms. The van der Waals surface area contributed by atoms with Crippen molar-refractivity contribution in [2.24, 2.45) is 0 Å². The van der Waals surface area contributed by atoms with E-state index in [9.17, 15) is 4.79 Å². The third-order valence-electron chi connectivity index (χ3n) is 2.40. The summed E-state index contributed by atoms with van der Waals surface area (Å²) in [6, 6.07) is 0.548. The molecule has 0 unspecified atom stereocenters. The van der Waals surface area contributed by atoms with E-state index < -0.39 is 0 Å². The highest BCUT2D eigenvalue weighted by atomic mass is 16.2. The van der Waals surface area contributed by atoms with Crippen LogP contribution >= 0.6 is 0 Å². The van der Waals surface area contributed by atoms with Crippen LogP contribution in [0.5, 0.6) is 0 Å². The van der Waals surface area contributed by atoms with Crippen LogP contribution in [0, 0.1) is 0 Å². The quantitative estimate of drug-likeness (QED) is 0.584. The lowest BCUT2D eigenvalue weighted by atomic mass is 10.2. The fourth-order valence-electron chi connectivity index (χ4n) is 1.50. The number of carbonyl (C=O) groups is 1. The molecule has 3 nitrogen and oxygen atoms in total. The van der Waals surface area contributed by atoms with E-state index in [-0.39, 0.29) is 5.91 Å². The molecule has 1 aliphatic rings. The van der Waals surface area contributed by atoms with Gasteiger partial charge in [0.25, 0.3) is 0 Å². The standard InChI is InChI=1S/C9H18N2O/c1-8(2)10-5-4-6-11(7-10)9(3)12/h8H,4-7H2,1-3H3. The Bertz CT molecular complexity index is 168. The molecule has 1 heterocycles. The second-order valence-electron chi connectivity index (χ2n) is 3.68. The van der Waals surface area contributed by atoms with Crippen molar-refractivity contribution in [2.45, 2.75) is 33.2 Å². The fraction of sp³-hybridized carbons (Fsp3) is 0.889. The van der Waals surface area contributed by atoms with E-state index in [1.165, 1.54) is 0 Å². The minimum absolute atomic E-state index is 0.195. The molecule has 1 saturated heterocycles. The van der Waals surface area contributed by atoms with Gasteiger partial charge in [-0.3, -0.25) is 9.69 Å². The van der Waals surface area contributed by atoms with Crippen molar-refractivity contribution in [3.05, 3.63) is 0 Å². The summed E-state index contributed by atoms with van der Waals surface area (Å²) < 4.78 is 0. The Hall–Kier alpha value is -0.570. The maximum Gasteiger partial charge on any atom is 0.220 e. The Morgan fingerprint density at radius 3 is 2.50 bits per heavy atom. The number of hydrogen-bond acceptors (Lipinski definition) is 2. The first-order valence-electron chi connectivity index (χ1n) is 4.61. The summed E-state index contributed by atoms with van der Waals surface area (Å²) in [6.45, 7) is 8.85. The molecule has 12 heavy (non-hydrogen) atoms. The molecule has 3 heteroatoms. The summed E-state index contributed by atoms with van der Waals surface area (Å²) in [6.07, 6.45) is 1.11. The van der Waals surface area contributed by atoms with Gasteiger partial charge in [-0.05, 0) is 20.3 Å². The van der Waals surface area contributed by atoms with Crippen LogP contribution in [0.15, 0.2) is 0 Å². The van der Waals surface area contributed by atoms with Crippen molar-refractivity contribution in [3.63, 3.8) is 0 Å². The van der Waals surface area contributed by atoms with Crippen LogP contribution < -0.4 is 0 Å². The first-order valence-corrected chi connectivity index (χ1v) is 4.61. The van der Waals surface area contributed by atoms with Gasteiger partial charge in [-0.2, -0.15) is 0 Å². The Balaban J connectivity index is 2.46. The molecule has 1 aliphatic heterocycles. The lowest BCUT2D eigenvalue weighted by molar-refractivity contribution is -0.133. The van der Waals surface area contributed by atoms with Crippen molar-refractivity contribution in [3.8, 4) is 0 Å². The van der Waals surface area contributed by atoms with Crippen molar-refractivity contribution in [1.29, 1.82) is 0 Å². The highest BCUT2D eigenvalue weighted by molar-refractivity contribution is 5.73. The zero-order chi connectivity index (χ0) is 9.14. The first-order chi connectivity index (χ1) is 5.61. The minimum atomic E-state index is 0.195. The van der Waals surface area contributed by atoms with Crippen molar-refractivity contribution in [2.75, 3.05) is 19.8 Å². The van der Waals surface area contributed by atoms with Gasteiger partial charge >= 0.3 is 0 Å². The normalized spacial score (nSPS) is 20.2. The van der Waals surface area contributed by atoms with Crippen LogP contribution in [0.1, 0.15) is 27.2 Å². The maximum absolute atomic E-state index is 11.1. The van der Waals surface area contributed by atoms with Gasteiger partial charge in [-0.1, -0.05) is 0 Å². The minimum Gasteiger partial charge on any atom is -0.330 e. The van der Waals surface area contributed by atoms with E-state index in [1.807, 2.05) is 4.90 Å². The van der Waals surface area contributed by atoms with Crippen molar-refractivity contribution in [1.82, 2.24) is 9.80 Å². The molecule has 0 saturated carbocycles. The number of carbonyl (C=O) groups excluding carboxylic acids is 1. The Labute approximate surface area is 74.3 Å². The Morgan fingerprint density at radius 2 is 2.00 bits per heavy atom. The van der Waals surface area contributed by atoms with Crippen molar-refractivity contribution < 1.29 is 4.79 Å². The monoisotopic (exact) mass is 170 g/mol. The number of hydrogen-bond donors (Lipinski definition) is 0. The van der Waals surface area contributed by atoms with Gasteiger partial charge in [0, 0.05) is 26.1 Å². The molecule has 1 amide bonds. The molecule has 1 fully saturated rings. The smallest absolute Gasteiger partial charge is 0.220 e. The molecule has 0 aromatic heterocycles. The summed E-state index contributed by atoms with van der Waals surface area (Å²) in [7, 11) is 0. The number of amides is 1. The lowest BCUT2D eigenvalue weighted by Crippen LogP contribution is -2.49. The number of rotatable bonds is 1. The summed E-state index contributed by atoms with van der Waals surface area (Å²) in [5, 5.41) is 0. The molecule has 0 aliphatic carbocycles. The highest BCUT2D eigenvalue weighted by Gasteiger charge is 2.20. The van der Waals surface area contributed by atoms with E-state index in [0.717, 1.165) is 26.2 Å². The van der Waals surface area contributed by atoms with Gasteiger partial charge in [-0.15, -0.1) is 0 Å². The van der Waals surface area contributed by atoms with E-state index in [4.69, 9.17) is 0 Å². The average Bonchev–Trinajstić information content (AvgIpc) is 2.04. The molecule has 0 radical (unpaired) electrons. The third kappa shape index (κ3) is 2.21. The summed E-state index contributed by atoms with van der Waals surface area (Å²) in [5.74, 6) is 0.195. The van der Waals surface area contributed by atoms with E-state index in [1.54, 1.807) is 6.92 Å². The molecule has 0 aromatic rings. The molecule has 0 atom stereocenters. The molecule has 0 N–H and O–H groups in total. The second-order valence-corrected chi connectivity index (χ2v) is 3.68. The maximum atomic E-state index is 11.1.